The minimum Gasteiger partial charge on any atom is -0.453 e. The van der Waals surface area contributed by atoms with Gasteiger partial charge in [-0.05, 0) is 29.7 Å². The lowest BCUT2D eigenvalue weighted by Gasteiger charge is -2.03. The molecule has 0 bridgehead atoms. The van der Waals surface area contributed by atoms with Crippen LogP contribution in [0.3, 0.4) is 0 Å². The molecule has 0 atom stereocenters. The van der Waals surface area contributed by atoms with Crippen LogP contribution in [0.25, 0.3) is 11.0 Å². The van der Waals surface area contributed by atoms with Gasteiger partial charge in [0.05, 0.1) is 0 Å². The van der Waals surface area contributed by atoms with E-state index in [1.165, 1.54) is 5.56 Å². The highest BCUT2D eigenvalue weighted by Crippen LogP contribution is 2.25. The number of hydrogen-bond donors (Lipinski definition) is 0. The van der Waals surface area contributed by atoms with Gasteiger partial charge in [0.25, 0.3) is 0 Å². The van der Waals surface area contributed by atoms with Crippen molar-refractivity contribution in [2.45, 2.75) is 33.6 Å². The third kappa shape index (κ3) is 2.26. The fraction of sp³-hybridized carbons (Fsp3) is 0.400. The van der Waals surface area contributed by atoms with Crippen LogP contribution in [0.15, 0.2) is 28.7 Å². The summed E-state index contributed by atoms with van der Waals surface area (Å²) < 4.78 is 5.58. The van der Waals surface area contributed by atoms with Gasteiger partial charge in [-0.2, -0.15) is 0 Å². The van der Waals surface area contributed by atoms with E-state index in [0.717, 1.165) is 11.0 Å². The fourth-order valence-corrected chi connectivity index (χ4v) is 1.83. The van der Waals surface area contributed by atoms with E-state index in [0.29, 0.717) is 11.7 Å². The van der Waals surface area contributed by atoms with Crippen molar-refractivity contribution < 1.29 is 9.21 Å². The van der Waals surface area contributed by atoms with Crippen LogP contribution in [-0.2, 0) is 0 Å². The molecule has 0 spiro atoms. The Morgan fingerprint density at radius 2 is 1.82 bits per heavy atom. The lowest BCUT2D eigenvalue weighted by Crippen LogP contribution is -2.05. The van der Waals surface area contributed by atoms with Gasteiger partial charge in [-0.25, -0.2) is 0 Å². The Morgan fingerprint density at radius 3 is 2.41 bits per heavy atom. The molecule has 0 radical (unpaired) electrons. The van der Waals surface area contributed by atoms with Crippen LogP contribution in [0, 0.1) is 5.92 Å². The molecule has 1 aromatic heterocycles. The summed E-state index contributed by atoms with van der Waals surface area (Å²) in [4.78, 5) is 11.8. The summed E-state index contributed by atoms with van der Waals surface area (Å²) in [6.07, 6.45) is 0. The SMILES string of the molecule is CC(C)C(=O)c1cc2cc(C(C)C)ccc2o1. The highest BCUT2D eigenvalue weighted by atomic mass is 16.3. The number of fused-ring (bicyclic) bond motifs is 1. The van der Waals surface area contributed by atoms with Crippen LogP contribution in [0.4, 0.5) is 0 Å². The maximum atomic E-state index is 11.8. The van der Waals surface area contributed by atoms with Crippen molar-refractivity contribution in [3.8, 4) is 0 Å². The summed E-state index contributed by atoms with van der Waals surface area (Å²) >= 11 is 0. The molecule has 2 heteroatoms. The number of rotatable bonds is 3. The molecule has 0 unspecified atom stereocenters. The Bertz CT molecular complexity index is 547. The van der Waals surface area contributed by atoms with Gasteiger partial charge in [0, 0.05) is 11.3 Å². The molecule has 0 aliphatic heterocycles. The number of benzene rings is 1. The summed E-state index contributed by atoms with van der Waals surface area (Å²) in [7, 11) is 0. The van der Waals surface area contributed by atoms with Crippen molar-refractivity contribution in [3.63, 3.8) is 0 Å². The molecule has 0 aliphatic rings. The Kier molecular flexibility index (Phi) is 3.05. The smallest absolute Gasteiger partial charge is 0.200 e. The van der Waals surface area contributed by atoms with Crippen molar-refractivity contribution in [2.75, 3.05) is 0 Å². The Hall–Kier alpha value is -1.57. The van der Waals surface area contributed by atoms with E-state index in [1.807, 2.05) is 26.0 Å². The molecule has 0 amide bonds. The predicted octanol–water partition coefficient (Wildman–Crippen LogP) is 4.39. The van der Waals surface area contributed by atoms with Gasteiger partial charge in [-0.3, -0.25) is 4.79 Å². The van der Waals surface area contributed by atoms with Crippen LogP contribution >= 0.6 is 0 Å². The van der Waals surface area contributed by atoms with Gasteiger partial charge in [0.1, 0.15) is 5.58 Å². The Balaban J connectivity index is 2.47. The number of carbonyl (C=O) groups is 1. The van der Waals surface area contributed by atoms with Gasteiger partial charge in [0.2, 0.25) is 5.78 Å². The predicted molar refractivity (Wildman–Crippen MR) is 69.5 cm³/mol. The molecule has 2 rings (SSSR count). The van der Waals surface area contributed by atoms with E-state index < -0.39 is 0 Å². The zero-order valence-corrected chi connectivity index (χ0v) is 10.8. The topological polar surface area (TPSA) is 30.2 Å². The largest absolute Gasteiger partial charge is 0.453 e. The Labute approximate surface area is 102 Å². The van der Waals surface area contributed by atoms with Gasteiger partial charge in [-0.15, -0.1) is 0 Å². The molecule has 90 valence electrons. The lowest BCUT2D eigenvalue weighted by atomic mass is 10.0. The van der Waals surface area contributed by atoms with Crippen LogP contribution in [0.5, 0.6) is 0 Å². The number of ketones is 1. The summed E-state index contributed by atoms with van der Waals surface area (Å²) in [5, 5.41) is 1.01. The van der Waals surface area contributed by atoms with Crippen LogP contribution in [0.1, 0.15) is 49.7 Å². The standard InChI is InChI=1S/C15H18O2/c1-9(2)11-5-6-13-12(7-11)8-14(17-13)15(16)10(3)4/h5-10H,1-4H3. The van der Waals surface area contributed by atoms with Crippen molar-refractivity contribution >= 4 is 16.8 Å². The van der Waals surface area contributed by atoms with E-state index in [2.05, 4.69) is 26.0 Å². The average molecular weight is 230 g/mol. The first kappa shape index (κ1) is 11.9. The molecule has 0 N–H and O–H groups in total. The number of Topliss-reactive ketones (excluding diaryl/α,β-unsaturated/α-hetero) is 1. The highest BCUT2D eigenvalue weighted by molar-refractivity contribution is 5.98. The normalized spacial score (nSPS) is 11.6. The molecular formula is C15H18O2. The first-order valence-corrected chi connectivity index (χ1v) is 6.06. The molecule has 2 aromatic rings. The number of carbonyl (C=O) groups excluding carboxylic acids is 1. The first-order chi connectivity index (χ1) is 7.99. The zero-order chi connectivity index (χ0) is 12.6. The molecule has 1 heterocycles. The first-order valence-electron chi connectivity index (χ1n) is 6.06. The van der Waals surface area contributed by atoms with Gasteiger partial charge in [-0.1, -0.05) is 33.8 Å². The summed E-state index contributed by atoms with van der Waals surface area (Å²) in [5.74, 6) is 0.988. The van der Waals surface area contributed by atoms with E-state index in [4.69, 9.17) is 4.42 Å². The van der Waals surface area contributed by atoms with Crippen molar-refractivity contribution in [1.82, 2.24) is 0 Å². The average Bonchev–Trinajstić information content (AvgIpc) is 2.69. The molecule has 0 aliphatic carbocycles. The number of furan rings is 1. The van der Waals surface area contributed by atoms with Crippen molar-refractivity contribution in [2.24, 2.45) is 5.92 Å². The van der Waals surface area contributed by atoms with Crippen LogP contribution < -0.4 is 0 Å². The van der Waals surface area contributed by atoms with Crippen molar-refractivity contribution in [3.05, 3.63) is 35.6 Å². The second-order valence-electron chi connectivity index (χ2n) is 5.08. The summed E-state index contributed by atoms with van der Waals surface area (Å²) in [5.41, 5.74) is 2.06. The molecule has 0 saturated heterocycles. The fourth-order valence-electron chi connectivity index (χ4n) is 1.83. The lowest BCUT2D eigenvalue weighted by molar-refractivity contribution is 0.0913. The van der Waals surface area contributed by atoms with Crippen LogP contribution in [0.2, 0.25) is 0 Å². The molecule has 2 nitrogen and oxygen atoms in total. The molecular weight excluding hydrogens is 212 g/mol. The maximum absolute atomic E-state index is 11.8. The third-order valence-electron chi connectivity index (χ3n) is 2.97. The van der Waals surface area contributed by atoms with Crippen molar-refractivity contribution in [1.29, 1.82) is 0 Å². The summed E-state index contributed by atoms with van der Waals surface area (Å²) in [6, 6.07) is 7.95. The maximum Gasteiger partial charge on any atom is 0.200 e. The number of hydrogen-bond acceptors (Lipinski definition) is 2. The molecule has 1 aromatic carbocycles. The zero-order valence-electron chi connectivity index (χ0n) is 10.8. The second-order valence-corrected chi connectivity index (χ2v) is 5.08. The van der Waals surface area contributed by atoms with E-state index >= 15 is 0 Å². The van der Waals surface area contributed by atoms with E-state index in [9.17, 15) is 4.79 Å². The van der Waals surface area contributed by atoms with Crippen LogP contribution in [-0.4, -0.2) is 5.78 Å². The molecule has 17 heavy (non-hydrogen) atoms. The minimum absolute atomic E-state index is 0.0277. The van der Waals surface area contributed by atoms with Gasteiger partial charge in [0.15, 0.2) is 5.76 Å². The molecule has 0 saturated carbocycles. The minimum atomic E-state index is -0.0277. The Morgan fingerprint density at radius 1 is 1.12 bits per heavy atom. The van der Waals surface area contributed by atoms with E-state index in [1.54, 1.807) is 0 Å². The second kappa shape index (κ2) is 4.36. The summed E-state index contributed by atoms with van der Waals surface area (Å²) in [6.45, 7) is 8.08. The monoisotopic (exact) mass is 230 g/mol. The highest BCUT2D eigenvalue weighted by Gasteiger charge is 2.15. The molecule has 0 fully saturated rings. The van der Waals surface area contributed by atoms with Gasteiger partial charge >= 0.3 is 0 Å². The van der Waals surface area contributed by atoms with E-state index in [-0.39, 0.29) is 11.7 Å². The quantitative estimate of drug-likeness (QED) is 0.732. The third-order valence-corrected chi connectivity index (χ3v) is 2.97. The van der Waals surface area contributed by atoms with Gasteiger partial charge < -0.3 is 4.42 Å².